The third-order valence-corrected chi connectivity index (χ3v) is 6.43. The number of carbonyl (C=O) groups is 1. The molecule has 0 aromatic heterocycles. The van der Waals surface area contributed by atoms with Crippen LogP contribution in [-0.4, -0.2) is 18.0 Å². The van der Waals surface area contributed by atoms with E-state index < -0.39 is 0 Å². The lowest BCUT2D eigenvalue weighted by Gasteiger charge is -2.44. The van der Waals surface area contributed by atoms with E-state index in [2.05, 4.69) is 36.6 Å². The molecule has 3 atom stereocenters. The summed E-state index contributed by atoms with van der Waals surface area (Å²) in [5, 5.41) is 7.53. The molecule has 27 heavy (non-hydrogen) atoms. The maximum atomic E-state index is 13.1. The van der Waals surface area contributed by atoms with E-state index in [0.717, 1.165) is 24.1 Å². The Bertz CT molecular complexity index is 782. The van der Waals surface area contributed by atoms with Crippen LogP contribution in [-0.2, 0) is 0 Å². The van der Waals surface area contributed by atoms with E-state index in [0.29, 0.717) is 16.5 Å². The molecule has 144 valence electrons. The molecule has 2 aromatic rings. The van der Waals surface area contributed by atoms with Crippen LogP contribution < -0.4 is 10.6 Å². The topological polar surface area (TPSA) is 41.1 Å². The van der Waals surface area contributed by atoms with Gasteiger partial charge in [0.05, 0.1) is 16.6 Å². The molecule has 0 spiro atoms. The van der Waals surface area contributed by atoms with Crippen LogP contribution in [0, 0.1) is 12.8 Å². The Morgan fingerprint density at radius 3 is 2.63 bits per heavy atom. The van der Waals surface area contributed by atoms with Gasteiger partial charge in [0.15, 0.2) is 0 Å². The Labute approximate surface area is 167 Å². The molecular weight excluding hydrogens is 356 g/mol. The molecular formula is C23H29ClN2O. The van der Waals surface area contributed by atoms with Gasteiger partial charge < -0.3 is 10.6 Å². The zero-order valence-electron chi connectivity index (χ0n) is 16.4. The second-order valence-corrected chi connectivity index (χ2v) is 8.24. The SMILES string of the molecule is CCC1CCC(C)(C(NC(=O)c2cccc(C)c2Cl)c2ccccc2)NC1. The second kappa shape index (κ2) is 8.45. The van der Waals surface area contributed by atoms with E-state index in [4.69, 9.17) is 11.6 Å². The Balaban J connectivity index is 1.89. The molecule has 3 rings (SSSR count). The zero-order chi connectivity index (χ0) is 19.4. The normalized spacial score (nSPS) is 23.6. The third kappa shape index (κ3) is 4.36. The molecule has 1 saturated heterocycles. The van der Waals surface area contributed by atoms with Gasteiger partial charge in [-0.2, -0.15) is 0 Å². The molecule has 3 nitrogen and oxygen atoms in total. The molecule has 3 unspecified atom stereocenters. The number of halogens is 1. The summed E-state index contributed by atoms with van der Waals surface area (Å²) in [6, 6.07) is 15.7. The van der Waals surface area contributed by atoms with Crippen molar-refractivity contribution < 1.29 is 4.79 Å². The molecule has 4 heteroatoms. The summed E-state index contributed by atoms with van der Waals surface area (Å²) in [6.07, 6.45) is 3.38. The molecule has 0 aliphatic carbocycles. The van der Waals surface area contributed by atoms with E-state index >= 15 is 0 Å². The Hall–Kier alpha value is -1.84. The summed E-state index contributed by atoms with van der Waals surface area (Å²) in [7, 11) is 0. The molecule has 0 radical (unpaired) electrons. The van der Waals surface area contributed by atoms with Crippen LogP contribution in [0.5, 0.6) is 0 Å². The van der Waals surface area contributed by atoms with Gasteiger partial charge in [0.25, 0.3) is 5.91 Å². The average molecular weight is 385 g/mol. The highest BCUT2D eigenvalue weighted by atomic mass is 35.5. The minimum absolute atomic E-state index is 0.124. The predicted octanol–water partition coefficient (Wildman–Crippen LogP) is 5.29. The number of hydrogen-bond donors (Lipinski definition) is 2. The van der Waals surface area contributed by atoms with Gasteiger partial charge in [0.1, 0.15) is 0 Å². The van der Waals surface area contributed by atoms with Crippen molar-refractivity contribution in [3.8, 4) is 0 Å². The lowest BCUT2D eigenvalue weighted by atomic mass is 9.77. The summed E-state index contributed by atoms with van der Waals surface area (Å²) in [5.74, 6) is 0.578. The maximum Gasteiger partial charge on any atom is 0.253 e. The number of amides is 1. The van der Waals surface area contributed by atoms with Crippen molar-refractivity contribution in [2.75, 3.05) is 6.54 Å². The van der Waals surface area contributed by atoms with Crippen molar-refractivity contribution in [2.24, 2.45) is 5.92 Å². The fraction of sp³-hybridized carbons (Fsp3) is 0.435. The van der Waals surface area contributed by atoms with Crippen molar-refractivity contribution in [1.29, 1.82) is 0 Å². The highest BCUT2D eigenvalue weighted by molar-refractivity contribution is 6.34. The van der Waals surface area contributed by atoms with Crippen LogP contribution in [0.25, 0.3) is 0 Å². The number of benzene rings is 2. The number of rotatable bonds is 5. The van der Waals surface area contributed by atoms with Crippen LogP contribution in [0.4, 0.5) is 0 Å². The molecule has 1 heterocycles. The minimum atomic E-state index is -0.195. The highest BCUT2D eigenvalue weighted by Crippen LogP contribution is 2.35. The molecule has 1 amide bonds. The van der Waals surface area contributed by atoms with Gasteiger partial charge in [0.2, 0.25) is 0 Å². The second-order valence-electron chi connectivity index (χ2n) is 7.86. The van der Waals surface area contributed by atoms with Crippen molar-refractivity contribution >= 4 is 17.5 Å². The first-order valence-corrected chi connectivity index (χ1v) is 10.2. The van der Waals surface area contributed by atoms with Crippen molar-refractivity contribution in [3.63, 3.8) is 0 Å². The smallest absolute Gasteiger partial charge is 0.253 e. The Morgan fingerprint density at radius 2 is 2.00 bits per heavy atom. The van der Waals surface area contributed by atoms with Gasteiger partial charge in [-0.15, -0.1) is 0 Å². The van der Waals surface area contributed by atoms with Crippen LogP contribution in [0.3, 0.4) is 0 Å². The minimum Gasteiger partial charge on any atom is -0.343 e. The van der Waals surface area contributed by atoms with Crippen molar-refractivity contribution in [1.82, 2.24) is 10.6 Å². The molecule has 2 N–H and O–H groups in total. The molecule has 2 aromatic carbocycles. The number of carbonyl (C=O) groups excluding carboxylic acids is 1. The predicted molar refractivity (Wildman–Crippen MR) is 112 cm³/mol. The van der Waals surface area contributed by atoms with Gasteiger partial charge >= 0.3 is 0 Å². The fourth-order valence-electron chi connectivity index (χ4n) is 3.95. The summed E-state index contributed by atoms with van der Waals surface area (Å²) < 4.78 is 0. The first-order valence-electron chi connectivity index (χ1n) is 9.80. The van der Waals surface area contributed by atoms with Gasteiger partial charge in [-0.05, 0) is 56.3 Å². The number of nitrogens with one attached hydrogen (secondary N) is 2. The molecule has 1 aliphatic heterocycles. The van der Waals surface area contributed by atoms with Crippen LogP contribution in [0.1, 0.15) is 60.6 Å². The van der Waals surface area contributed by atoms with E-state index in [9.17, 15) is 4.79 Å². The van der Waals surface area contributed by atoms with E-state index in [1.807, 2.05) is 37.3 Å². The van der Waals surface area contributed by atoms with E-state index in [-0.39, 0.29) is 17.5 Å². The number of aryl methyl sites for hydroxylation is 1. The summed E-state index contributed by atoms with van der Waals surface area (Å²) in [4.78, 5) is 13.1. The van der Waals surface area contributed by atoms with Gasteiger partial charge in [-0.1, -0.05) is 67.4 Å². The highest BCUT2D eigenvalue weighted by Gasteiger charge is 2.39. The van der Waals surface area contributed by atoms with Gasteiger partial charge in [0, 0.05) is 5.54 Å². The summed E-state index contributed by atoms with van der Waals surface area (Å²) in [6.45, 7) is 7.36. The quantitative estimate of drug-likeness (QED) is 0.735. The first-order chi connectivity index (χ1) is 12.9. The van der Waals surface area contributed by atoms with Gasteiger partial charge in [-0.3, -0.25) is 4.79 Å². The van der Waals surface area contributed by atoms with Crippen molar-refractivity contribution in [2.45, 2.75) is 51.6 Å². The van der Waals surface area contributed by atoms with Gasteiger partial charge in [-0.25, -0.2) is 0 Å². The lowest BCUT2D eigenvalue weighted by molar-refractivity contribution is 0.0878. The number of piperidine rings is 1. The van der Waals surface area contributed by atoms with Crippen molar-refractivity contribution in [3.05, 3.63) is 70.2 Å². The van der Waals surface area contributed by atoms with Crippen LogP contribution in [0.15, 0.2) is 48.5 Å². The standard InChI is InChI=1S/C23H29ClN2O/c1-4-17-13-14-23(3,25-15-17)21(18-10-6-5-7-11-18)26-22(27)19-12-8-9-16(2)20(19)24/h5-12,17,21,25H,4,13-15H2,1-3H3,(H,26,27). The van der Waals surface area contributed by atoms with Crippen LogP contribution in [0.2, 0.25) is 5.02 Å². The van der Waals surface area contributed by atoms with E-state index in [1.54, 1.807) is 6.07 Å². The average Bonchev–Trinajstić information content (AvgIpc) is 2.69. The molecule has 1 aliphatic rings. The third-order valence-electron chi connectivity index (χ3n) is 5.93. The largest absolute Gasteiger partial charge is 0.343 e. The summed E-state index contributed by atoms with van der Waals surface area (Å²) in [5.41, 5.74) is 2.36. The Kier molecular flexibility index (Phi) is 6.23. The lowest BCUT2D eigenvalue weighted by Crippen LogP contribution is -2.57. The first kappa shape index (κ1) is 19.9. The fourth-order valence-corrected chi connectivity index (χ4v) is 4.17. The zero-order valence-corrected chi connectivity index (χ0v) is 17.1. The molecule has 0 saturated carbocycles. The maximum absolute atomic E-state index is 13.1. The summed E-state index contributed by atoms with van der Waals surface area (Å²) >= 11 is 6.40. The molecule has 0 bridgehead atoms. The number of hydrogen-bond acceptors (Lipinski definition) is 2. The molecule has 1 fully saturated rings. The Morgan fingerprint density at radius 1 is 1.26 bits per heavy atom. The monoisotopic (exact) mass is 384 g/mol. The van der Waals surface area contributed by atoms with Crippen LogP contribution >= 0.6 is 11.6 Å². The van der Waals surface area contributed by atoms with E-state index in [1.165, 1.54) is 12.8 Å².